The summed E-state index contributed by atoms with van der Waals surface area (Å²) < 4.78 is 26.9. The lowest BCUT2D eigenvalue weighted by Gasteiger charge is -2.21. The van der Waals surface area contributed by atoms with Crippen molar-refractivity contribution in [3.05, 3.63) is 53.3 Å². The van der Waals surface area contributed by atoms with Crippen LogP contribution in [0.4, 0.5) is 0 Å². The normalized spacial score (nSPS) is 16.3. The Hall–Kier alpha value is -2.19. The molecule has 0 saturated carbocycles. The van der Waals surface area contributed by atoms with Gasteiger partial charge < -0.3 is 4.90 Å². The third kappa shape index (κ3) is 4.56. The lowest BCUT2D eigenvalue weighted by molar-refractivity contribution is 0.0763. The van der Waals surface area contributed by atoms with Gasteiger partial charge in [-0.2, -0.15) is 5.10 Å². The topological polar surface area (TPSA) is 75.5 Å². The molecule has 0 unspecified atom stereocenters. The van der Waals surface area contributed by atoms with Crippen LogP contribution >= 0.6 is 0 Å². The van der Waals surface area contributed by atoms with Gasteiger partial charge in [0.25, 0.3) is 5.91 Å². The molecular formula is C19H26N4O3S. The monoisotopic (exact) mass is 390 g/mol. The second-order valence-electron chi connectivity index (χ2n) is 6.81. The number of hydrogen-bond acceptors (Lipinski definition) is 4. The number of aromatic nitrogens is 2. The van der Waals surface area contributed by atoms with E-state index in [2.05, 4.69) is 5.10 Å². The van der Waals surface area contributed by atoms with Crippen molar-refractivity contribution in [2.45, 2.75) is 26.3 Å². The highest BCUT2D eigenvalue weighted by Gasteiger charge is 2.26. The molecule has 1 aliphatic rings. The summed E-state index contributed by atoms with van der Waals surface area (Å²) in [4.78, 5) is 14.8. The molecule has 3 rings (SSSR count). The van der Waals surface area contributed by atoms with Gasteiger partial charge in [-0.15, -0.1) is 0 Å². The first-order valence-corrected chi connectivity index (χ1v) is 11.1. The molecular weight excluding hydrogens is 364 g/mol. The van der Waals surface area contributed by atoms with E-state index in [1.165, 1.54) is 10.6 Å². The van der Waals surface area contributed by atoms with E-state index in [4.69, 9.17) is 0 Å². The SMILES string of the molecule is CCc1c(C(=O)N2CCCN(S(C)(=O)=O)CC2)cnn1Cc1ccccc1. The standard InChI is InChI=1S/C19H26N4O3S/c1-3-18-17(14-20-23(18)15-16-8-5-4-6-9-16)19(24)21-10-7-11-22(13-12-21)27(2,25)26/h4-6,8-9,14H,3,7,10-13,15H2,1-2H3. The molecule has 2 heterocycles. The van der Waals surface area contributed by atoms with Gasteiger partial charge in [0.05, 0.1) is 30.3 Å². The Bertz CT molecular complexity index is 893. The second kappa shape index (κ2) is 8.22. The second-order valence-corrected chi connectivity index (χ2v) is 8.79. The van der Waals surface area contributed by atoms with Gasteiger partial charge in [0.15, 0.2) is 0 Å². The fourth-order valence-corrected chi connectivity index (χ4v) is 4.33. The Labute approximate surface area is 160 Å². The summed E-state index contributed by atoms with van der Waals surface area (Å²) in [5.41, 5.74) is 2.65. The molecule has 7 nitrogen and oxygen atoms in total. The number of carbonyl (C=O) groups is 1. The van der Waals surface area contributed by atoms with Crippen molar-refractivity contribution in [1.29, 1.82) is 0 Å². The summed E-state index contributed by atoms with van der Waals surface area (Å²) in [6, 6.07) is 10.0. The van der Waals surface area contributed by atoms with Gasteiger partial charge in [0, 0.05) is 26.2 Å². The van der Waals surface area contributed by atoms with Crippen LogP contribution in [0.3, 0.4) is 0 Å². The van der Waals surface area contributed by atoms with Crippen molar-refractivity contribution in [1.82, 2.24) is 19.0 Å². The van der Waals surface area contributed by atoms with Gasteiger partial charge in [-0.1, -0.05) is 37.3 Å². The highest BCUT2D eigenvalue weighted by molar-refractivity contribution is 7.88. The van der Waals surface area contributed by atoms with E-state index >= 15 is 0 Å². The number of amides is 1. The predicted octanol–water partition coefficient (Wildman–Crippen LogP) is 1.60. The van der Waals surface area contributed by atoms with Crippen LogP contribution < -0.4 is 0 Å². The number of rotatable bonds is 5. The van der Waals surface area contributed by atoms with Crippen LogP contribution in [0, 0.1) is 0 Å². The molecule has 0 radical (unpaired) electrons. The van der Waals surface area contributed by atoms with Gasteiger partial charge in [0.1, 0.15) is 0 Å². The summed E-state index contributed by atoms with van der Waals surface area (Å²) in [6.45, 7) is 4.39. The first kappa shape index (κ1) is 19.6. The Kier molecular flexibility index (Phi) is 5.96. The molecule has 8 heteroatoms. The molecule has 1 aromatic carbocycles. The van der Waals surface area contributed by atoms with E-state index in [0.717, 1.165) is 11.3 Å². The number of benzene rings is 1. The predicted molar refractivity (Wildman–Crippen MR) is 104 cm³/mol. The maximum atomic E-state index is 13.1. The van der Waals surface area contributed by atoms with Gasteiger partial charge >= 0.3 is 0 Å². The third-order valence-corrected chi connectivity index (χ3v) is 6.20. The van der Waals surface area contributed by atoms with Gasteiger partial charge in [-0.25, -0.2) is 12.7 Å². The van der Waals surface area contributed by atoms with Crippen molar-refractivity contribution in [2.75, 3.05) is 32.4 Å². The van der Waals surface area contributed by atoms with Crippen molar-refractivity contribution >= 4 is 15.9 Å². The van der Waals surface area contributed by atoms with Crippen molar-refractivity contribution in [3.8, 4) is 0 Å². The van der Waals surface area contributed by atoms with E-state index in [0.29, 0.717) is 51.1 Å². The van der Waals surface area contributed by atoms with E-state index < -0.39 is 10.0 Å². The summed E-state index contributed by atoms with van der Waals surface area (Å²) in [7, 11) is -3.23. The highest BCUT2D eigenvalue weighted by atomic mass is 32.2. The Morgan fingerprint density at radius 1 is 1.11 bits per heavy atom. The van der Waals surface area contributed by atoms with Crippen molar-refractivity contribution < 1.29 is 13.2 Å². The van der Waals surface area contributed by atoms with Crippen LogP contribution in [0.15, 0.2) is 36.5 Å². The summed E-state index contributed by atoms with van der Waals surface area (Å²) >= 11 is 0. The molecule has 27 heavy (non-hydrogen) atoms. The molecule has 0 bridgehead atoms. The first-order valence-electron chi connectivity index (χ1n) is 9.23. The van der Waals surface area contributed by atoms with Crippen LogP contribution in [-0.2, 0) is 23.0 Å². The first-order chi connectivity index (χ1) is 12.9. The quantitative estimate of drug-likeness (QED) is 0.777. The molecule has 0 atom stereocenters. The molecule has 0 aliphatic carbocycles. The minimum atomic E-state index is -3.23. The fraction of sp³-hybridized carbons (Fsp3) is 0.474. The van der Waals surface area contributed by atoms with Crippen LogP contribution in [-0.4, -0.2) is 65.7 Å². The van der Waals surface area contributed by atoms with Gasteiger partial charge in [0.2, 0.25) is 10.0 Å². The van der Waals surface area contributed by atoms with E-state index in [1.807, 2.05) is 41.9 Å². The molecule has 2 aromatic rings. The number of hydrogen-bond donors (Lipinski definition) is 0. The largest absolute Gasteiger partial charge is 0.337 e. The highest BCUT2D eigenvalue weighted by Crippen LogP contribution is 2.16. The Morgan fingerprint density at radius 3 is 2.52 bits per heavy atom. The Morgan fingerprint density at radius 2 is 1.85 bits per heavy atom. The minimum Gasteiger partial charge on any atom is -0.337 e. The molecule has 0 N–H and O–H groups in total. The molecule has 146 valence electrons. The van der Waals surface area contributed by atoms with Gasteiger partial charge in [-0.05, 0) is 18.4 Å². The molecule has 1 saturated heterocycles. The number of sulfonamides is 1. The maximum Gasteiger partial charge on any atom is 0.257 e. The smallest absolute Gasteiger partial charge is 0.257 e. The molecule has 1 amide bonds. The van der Waals surface area contributed by atoms with Crippen LogP contribution in [0.25, 0.3) is 0 Å². The average Bonchev–Trinajstić information content (AvgIpc) is 2.87. The summed E-state index contributed by atoms with van der Waals surface area (Å²) in [5, 5.41) is 4.44. The van der Waals surface area contributed by atoms with E-state index in [-0.39, 0.29) is 5.91 Å². The van der Waals surface area contributed by atoms with E-state index in [9.17, 15) is 13.2 Å². The molecule has 1 aromatic heterocycles. The van der Waals surface area contributed by atoms with Crippen molar-refractivity contribution in [2.24, 2.45) is 0 Å². The number of carbonyl (C=O) groups excluding carboxylic acids is 1. The molecule has 1 aliphatic heterocycles. The summed E-state index contributed by atoms with van der Waals surface area (Å²) in [6.07, 6.45) is 4.20. The lowest BCUT2D eigenvalue weighted by atomic mass is 10.1. The van der Waals surface area contributed by atoms with Crippen LogP contribution in [0.5, 0.6) is 0 Å². The zero-order valence-corrected chi connectivity index (χ0v) is 16.7. The number of nitrogens with zero attached hydrogens (tertiary/aromatic N) is 4. The zero-order chi connectivity index (χ0) is 19.4. The lowest BCUT2D eigenvalue weighted by Crippen LogP contribution is -2.37. The maximum absolute atomic E-state index is 13.1. The molecule has 0 spiro atoms. The fourth-order valence-electron chi connectivity index (χ4n) is 3.45. The van der Waals surface area contributed by atoms with Crippen LogP contribution in [0.1, 0.15) is 35.0 Å². The molecule has 1 fully saturated rings. The van der Waals surface area contributed by atoms with Crippen molar-refractivity contribution in [3.63, 3.8) is 0 Å². The van der Waals surface area contributed by atoms with Gasteiger partial charge in [-0.3, -0.25) is 9.48 Å². The third-order valence-electron chi connectivity index (χ3n) is 4.90. The Balaban J connectivity index is 1.77. The zero-order valence-electron chi connectivity index (χ0n) is 15.8. The van der Waals surface area contributed by atoms with E-state index in [1.54, 1.807) is 11.1 Å². The summed E-state index contributed by atoms with van der Waals surface area (Å²) in [5.74, 6) is -0.0680. The minimum absolute atomic E-state index is 0.0680. The average molecular weight is 391 g/mol. The van der Waals surface area contributed by atoms with Crippen LogP contribution in [0.2, 0.25) is 0 Å².